The van der Waals surface area contributed by atoms with Crippen molar-refractivity contribution < 1.29 is 21.6 Å². The molecule has 130 valence electrons. The summed E-state index contributed by atoms with van der Waals surface area (Å²) >= 11 is 0. The second-order valence-electron chi connectivity index (χ2n) is 5.80. The van der Waals surface area contributed by atoms with Crippen LogP contribution in [0.3, 0.4) is 0 Å². The molecule has 1 fully saturated rings. The van der Waals surface area contributed by atoms with E-state index in [1.54, 1.807) is 13.8 Å². The van der Waals surface area contributed by atoms with E-state index in [4.69, 9.17) is 0 Å². The van der Waals surface area contributed by atoms with Crippen molar-refractivity contribution in [3.8, 4) is 0 Å². The first-order chi connectivity index (χ1) is 10.0. The Morgan fingerprint density at radius 1 is 1.32 bits per heavy atom. The molecule has 9 heteroatoms. The number of carbonyl (C=O) groups excluding carboxylic acids is 1. The first-order valence-corrected chi connectivity index (χ1v) is 11.2. The molecule has 2 unspecified atom stereocenters. The molecular formula is C13H26N2O5S2. The Morgan fingerprint density at radius 3 is 2.27 bits per heavy atom. The summed E-state index contributed by atoms with van der Waals surface area (Å²) < 4.78 is 48.1. The quantitative estimate of drug-likeness (QED) is 0.646. The Morgan fingerprint density at radius 2 is 1.91 bits per heavy atom. The Kier molecular flexibility index (Phi) is 6.40. The highest BCUT2D eigenvalue weighted by Gasteiger charge is 2.35. The zero-order valence-corrected chi connectivity index (χ0v) is 15.3. The fourth-order valence-corrected chi connectivity index (χ4v) is 5.57. The number of hydrogen-bond acceptors (Lipinski definition) is 5. The van der Waals surface area contributed by atoms with Crippen molar-refractivity contribution in [2.45, 2.75) is 45.7 Å². The van der Waals surface area contributed by atoms with Crippen LogP contribution in [0.15, 0.2) is 0 Å². The van der Waals surface area contributed by atoms with Crippen molar-refractivity contribution in [2.24, 2.45) is 0 Å². The summed E-state index contributed by atoms with van der Waals surface area (Å²) in [7, 11) is -6.58. The second kappa shape index (κ2) is 7.27. The summed E-state index contributed by atoms with van der Waals surface area (Å²) in [5.41, 5.74) is 0. The summed E-state index contributed by atoms with van der Waals surface area (Å²) in [6, 6.07) is -0.620. The molecule has 0 N–H and O–H groups in total. The van der Waals surface area contributed by atoms with Gasteiger partial charge in [-0.3, -0.25) is 4.79 Å². The van der Waals surface area contributed by atoms with Crippen LogP contribution in [-0.4, -0.2) is 74.9 Å². The number of amides is 1. The van der Waals surface area contributed by atoms with E-state index in [1.165, 1.54) is 9.21 Å². The Hall–Kier alpha value is -0.670. The van der Waals surface area contributed by atoms with Crippen LogP contribution in [-0.2, 0) is 24.7 Å². The van der Waals surface area contributed by atoms with E-state index in [9.17, 15) is 21.6 Å². The lowest BCUT2D eigenvalue weighted by Gasteiger charge is -2.31. The van der Waals surface area contributed by atoms with Gasteiger partial charge in [0.25, 0.3) is 0 Å². The second-order valence-corrected chi connectivity index (χ2v) is 9.97. The van der Waals surface area contributed by atoms with Gasteiger partial charge in [-0.2, -0.15) is 4.31 Å². The third-order valence-electron chi connectivity index (χ3n) is 4.11. The van der Waals surface area contributed by atoms with Crippen molar-refractivity contribution in [3.63, 3.8) is 0 Å². The zero-order chi connectivity index (χ0) is 17.1. The Balaban J connectivity index is 2.88. The maximum absolute atomic E-state index is 12.5. The van der Waals surface area contributed by atoms with Crippen LogP contribution < -0.4 is 0 Å². The summed E-state index contributed by atoms with van der Waals surface area (Å²) in [5, 5.41) is 0. The molecule has 1 aliphatic rings. The molecule has 0 spiro atoms. The van der Waals surface area contributed by atoms with Crippen LogP contribution in [0.1, 0.15) is 33.6 Å². The van der Waals surface area contributed by atoms with Gasteiger partial charge in [-0.05, 0) is 26.7 Å². The number of rotatable bonds is 7. The van der Waals surface area contributed by atoms with Gasteiger partial charge in [-0.15, -0.1) is 0 Å². The lowest BCUT2D eigenvalue weighted by atomic mass is 10.2. The molecule has 1 rings (SSSR count). The van der Waals surface area contributed by atoms with Gasteiger partial charge in [0.15, 0.2) is 9.84 Å². The van der Waals surface area contributed by atoms with E-state index >= 15 is 0 Å². The first kappa shape index (κ1) is 19.4. The Labute approximate surface area is 133 Å². The van der Waals surface area contributed by atoms with Gasteiger partial charge in [0.1, 0.15) is 0 Å². The van der Waals surface area contributed by atoms with Crippen molar-refractivity contribution in [2.75, 3.05) is 30.9 Å². The maximum atomic E-state index is 12.5. The minimum Gasteiger partial charge on any atom is -0.338 e. The van der Waals surface area contributed by atoms with Crippen molar-refractivity contribution in [1.82, 2.24) is 9.21 Å². The summed E-state index contributed by atoms with van der Waals surface area (Å²) in [4.78, 5) is 14.0. The number of sulfonamides is 1. The van der Waals surface area contributed by atoms with Crippen molar-refractivity contribution >= 4 is 25.8 Å². The van der Waals surface area contributed by atoms with E-state index in [0.717, 1.165) is 6.26 Å². The molecule has 0 bridgehead atoms. The highest BCUT2D eigenvalue weighted by molar-refractivity contribution is 7.91. The molecule has 7 nitrogen and oxygen atoms in total. The molecule has 1 aliphatic heterocycles. The van der Waals surface area contributed by atoms with E-state index in [0.29, 0.717) is 19.4 Å². The average Bonchev–Trinajstić information content (AvgIpc) is 2.75. The van der Waals surface area contributed by atoms with Gasteiger partial charge in [-0.1, -0.05) is 6.92 Å². The first-order valence-electron chi connectivity index (χ1n) is 7.48. The average molecular weight is 354 g/mol. The van der Waals surface area contributed by atoms with Crippen LogP contribution in [0.25, 0.3) is 0 Å². The summed E-state index contributed by atoms with van der Waals surface area (Å²) in [6.45, 7) is 5.52. The van der Waals surface area contributed by atoms with Gasteiger partial charge in [0.2, 0.25) is 15.9 Å². The third kappa shape index (κ3) is 4.92. The number of nitrogens with zero attached hydrogens (tertiary/aromatic N) is 2. The van der Waals surface area contributed by atoms with Crippen LogP contribution in [0.4, 0.5) is 0 Å². The molecular weight excluding hydrogens is 328 g/mol. The van der Waals surface area contributed by atoms with Crippen LogP contribution in [0.2, 0.25) is 0 Å². The van der Waals surface area contributed by atoms with Crippen molar-refractivity contribution in [1.29, 1.82) is 0 Å². The molecule has 0 aromatic carbocycles. The fourth-order valence-electron chi connectivity index (χ4n) is 2.69. The molecule has 22 heavy (non-hydrogen) atoms. The predicted molar refractivity (Wildman–Crippen MR) is 85.7 cm³/mol. The van der Waals surface area contributed by atoms with Gasteiger partial charge in [-0.25, -0.2) is 16.8 Å². The highest BCUT2D eigenvalue weighted by Crippen LogP contribution is 2.19. The third-order valence-corrected chi connectivity index (χ3v) is 7.20. The van der Waals surface area contributed by atoms with Gasteiger partial charge in [0.05, 0.1) is 24.3 Å². The highest BCUT2D eigenvalue weighted by atomic mass is 32.2. The smallest absolute Gasteiger partial charge is 0.238 e. The van der Waals surface area contributed by atoms with Crippen LogP contribution >= 0.6 is 0 Å². The minimum absolute atomic E-state index is 0.0330. The largest absolute Gasteiger partial charge is 0.338 e. The van der Waals surface area contributed by atoms with Crippen molar-refractivity contribution in [3.05, 3.63) is 0 Å². The number of likely N-dealkylation sites (N-methyl/N-ethyl adjacent to an activating group) is 1. The molecule has 0 saturated carbocycles. The summed E-state index contributed by atoms with van der Waals surface area (Å²) in [6.07, 6.45) is 2.11. The van der Waals surface area contributed by atoms with Gasteiger partial charge in [0, 0.05) is 18.6 Å². The Bertz CT molecular complexity index is 600. The molecule has 2 atom stereocenters. The van der Waals surface area contributed by atoms with E-state index < -0.39 is 19.9 Å². The number of hydrogen-bond donors (Lipinski definition) is 0. The van der Waals surface area contributed by atoms with Gasteiger partial charge >= 0.3 is 0 Å². The zero-order valence-electron chi connectivity index (χ0n) is 13.6. The topological polar surface area (TPSA) is 91.8 Å². The molecule has 0 aromatic rings. The lowest BCUT2D eigenvalue weighted by Crippen LogP contribution is -2.49. The van der Waals surface area contributed by atoms with E-state index in [1.807, 2.05) is 6.92 Å². The normalized spacial score (nSPS) is 22.7. The predicted octanol–water partition coefficient (Wildman–Crippen LogP) is 0.0821. The molecule has 1 saturated heterocycles. The molecule has 0 aromatic heterocycles. The van der Waals surface area contributed by atoms with Crippen LogP contribution in [0.5, 0.6) is 0 Å². The van der Waals surface area contributed by atoms with E-state index in [2.05, 4.69) is 0 Å². The minimum atomic E-state index is -3.49. The van der Waals surface area contributed by atoms with Gasteiger partial charge < -0.3 is 4.90 Å². The number of sulfone groups is 1. The lowest BCUT2D eigenvalue weighted by molar-refractivity contribution is -0.133. The maximum Gasteiger partial charge on any atom is 0.238 e. The standard InChI is InChI=1S/C13H26N2O5S2/c1-5-11(3)15(21(4,17)18)9-13(16)14(6-2)12-7-8-22(19,20)10-12/h11-12H,5-10H2,1-4H3. The summed E-state index contributed by atoms with van der Waals surface area (Å²) in [5.74, 6) is -0.285. The molecule has 0 aliphatic carbocycles. The molecule has 0 radical (unpaired) electrons. The molecule has 1 amide bonds. The molecule has 1 heterocycles. The fraction of sp³-hybridized carbons (Fsp3) is 0.923. The monoisotopic (exact) mass is 354 g/mol. The number of carbonyl (C=O) groups is 1. The van der Waals surface area contributed by atoms with E-state index in [-0.39, 0.29) is 36.0 Å². The SMILES string of the molecule is CCC(C)N(CC(=O)N(CC)C1CCS(=O)(=O)C1)S(C)(=O)=O. The van der Waals surface area contributed by atoms with Crippen LogP contribution in [0, 0.1) is 0 Å².